The normalized spacial score (nSPS) is 19.2. The van der Waals surface area contributed by atoms with Gasteiger partial charge in [0.2, 0.25) is 0 Å². The summed E-state index contributed by atoms with van der Waals surface area (Å²) in [5.41, 5.74) is -0.150. The molecule has 378 valence electrons. The molecule has 17 nitrogen and oxygen atoms in total. The predicted octanol–water partition coefficient (Wildman–Crippen LogP) is 12.1. The molecular weight excluding hydrogens is 1020 g/mol. The Balaban J connectivity index is 0.000000197. The van der Waals surface area contributed by atoms with Crippen molar-refractivity contribution in [1.29, 1.82) is 0 Å². The highest BCUT2D eigenvalue weighted by Gasteiger charge is 2.41. The number of rotatable bonds is 17. The number of aromatic nitrogens is 3. The van der Waals surface area contributed by atoms with Crippen molar-refractivity contribution in [2.45, 2.75) is 162 Å². The molecule has 0 spiro atoms. The van der Waals surface area contributed by atoms with Gasteiger partial charge in [-0.15, -0.1) is 0 Å². The molecule has 0 aliphatic heterocycles. The molecule has 0 aromatic carbocycles. The minimum Gasteiger partial charge on any atom is -0.395 e. The fourth-order valence-corrected chi connectivity index (χ4v) is 16.2. The molecule has 8 rings (SSSR count). The second-order valence-electron chi connectivity index (χ2n) is 17.4. The largest absolute Gasteiger partial charge is 0.395 e. The molecule has 0 bridgehead atoms. The summed E-state index contributed by atoms with van der Waals surface area (Å²) in [5.74, 6) is 0.417. The number of thiol groups is 1. The van der Waals surface area contributed by atoms with Crippen molar-refractivity contribution < 1.29 is 39.4 Å². The lowest BCUT2D eigenvalue weighted by Crippen LogP contribution is -2.25. The number of pyridine rings is 3. The third-order valence-electron chi connectivity index (χ3n) is 12.2. The number of aliphatic hydroxyl groups excluding tert-OH is 2. The summed E-state index contributed by atoms with van der Waals surface area (Å²) in [5, 5.41) is 51.6. The van der Waals surface area contributed by atoms with E-state index >= 15 is 0 Å². The van der Waals surface area contributed by atoms with Gasteiger partial charge >= 0.3 is 0 Å². The van der Waals surface area contributed by atoms with Gasteiger partial charge in [0.25, 0.3) is 17.1 Å². The fourth-order valence-electron chi connectivity index (χ4n) is 7.93. The Kier molecular flexibility index (Phi) is 25.6. The summed E-state index contributed by atoms with van der Waals surface area (Å²) in [6.45, 7) is 0.424. The van der Waals surface area contributed by atoms with Crippen LogP contribution in [0.4, 0.5) is 17.1 Å². The van der Waals surface area contributed by atoms with Crippen molar-refractivity contribution >= 4 is 113 Å². The van der Waals surface area contributed by atoms with E-state index in [1.165, 1.54) is 107 Å². The maximum atomic E-state index is 11.2. The first-order chi connectivity index (χ1) is 33.2. The van der Waals surface area contributed by atoms with Gasteiger partial charge in [0.15, 0.2) is 0 Å². The summed E-state index contributed by atoms with van der Waals surface area (Å²) < 4.78 is -0.458. The van der Waals surface area contributed by atoms with Crippen molar-refractivity contribution in [2.24, 2.45) is 5.92 Å². The van der Waals surface area contributed by atoms with Crippen LogP contribution in [-0.4, -0.2) is 91.0 Å². The lowest BCUT2D eigenvalue weighted by Gasteiger charge is -2.26. The summed E-state index contributed by atoms with van der Waals surface area (Å²) in [6, 6.07) is 8.88. The summed E-state index contributed by atoms with van der Waals surface area (Å²) >= 11 is 4.33. The van der Waals surface area contributed by atoms with Crippen LogP contribution in [0.5, 0.6) is 0 Å². The molecule has 2 N–H and O–H groups in total. The maximum Gasteiger partial charge on any atom is 0.287 e. The average Bonchev–Trinajstić information content (AvgIpc) is 4.26. The zero-order chi connectivity index (χ0) is 50.2. The van der Waals surface area contributed by atoms with Crippen LogP contribution < -0.4 is 0 Å². The Hall–Kier alpha value is -2.97. The van der Waals surface area contributed by atoms with E-state index in [0.29, 0.717) is 16.0 Å². The molecule has 69 heavy (non-hydrogen) atoms. The molecule has 3 heterocycles. The number of aldehydes is 3. The monoisotopic (exact) mass is 1080 g/mol. The zero-order valence-corrected chi connectivity index (χ0v) is 44.0. The lowest BCUT2D eigenvalue weighted by atomic mass is 10.1. The quantitative estimate of drug-likeness (QED) is 0.0373. The minimum absolute atomic E-state index is 0.00193. The first-order valence-electron chi connectivity index (χ1n) is 22.9. The highest BCUT2D eigenvalue weighted by Crippen LogP contribution is 2.54. The minimum atomic E-state index is -0.521. The molecule has 3 aromatic rings. The van der Waals surface area contributed by atoms with Crippen LogP contribution in [0.25, 0.3) is 0 Å². The van der Waals surface area contributed by atoms with Crippen LogP contribution in [0.2, 0.25) is 0 Å². The summed E-state index contributed by atoms with van der Waals surface area (Å²) in [6.07, 6.45) is 29.3. The lowest BCUT2D eigenvalue weighted by molar-refractivity contribution is -0.385. The van der Waals surface area contributed by atoms with Crippen molar-refractivity contribution in [3.8, 4) is 0 Å². The number of carbonyl (C=O) groups excluding carboxylic acids is 3. The number of hydrogen-bond acceptors (Lipinski definition) is 21. The Morgan fingerprint density at radius 2 is 0.899 bits per heavy atom. The van der Waals surface area contributed by atoms with Crippen LogP contribution in [0.15, 0.2) is 70.1 Å². The number of aliphatic hydroxyl groups is 2. The molecule has 0 saturated heterocycles. The van der Waals surface area contributed by atoms with Gasteiger partial charge in [0, 0.05) is 33.6 Å². The van der Waals surface area contributed by atoms with Crippen molar-refractivity contribution in [3.63, 3.8) is 0 Å². The third kappa shape index (κ3) is 19.9. The van der Waals surface area contributed by atoms with Crippen LogP contribution in [0, 0.1) is 36.3 Å². The Morgan fingerprint density at radius 3 is 1.17 bits per heavy atom. The number of nitro groups is 3. The Labute approximate surface area is 431 Å². The molecule has 5 aliphatic rings. The van der Waals surface area contributed by atoms with Crippen molar-refractivity contribution in [2.75, 3.05) is 13.2 Å². The summed E-state index contributed by atoms with van der Waals surface area (Å²) in [7, 11) is 8.97. The zero-order valence-electron chi connectivity index (χ0n) is 38.2. The van der Waals surface area contributed by atoms with Gasteiger partial charge < -0.3 is 24.6 Å². The van der Waals surface area contributed by atoms with Gasteiger partial charge in [-0.2, -0.15) is 12.6 Å². The highest BCUT2D eigenvalue weighted by molar-refractivity contribution is 8.78. The SMILES string of the molecule is O=CC1(SSC2(C=O)CCCC2)CCCC1.O=CC1CCCC1.O=[N+]([O-])c1ccc(SSC2(CO)CCCC2)nc1.O=[N+]([O-])c1ccc(SSc2ccc([N+](=O)[O-])cn2)nc1.OCC1(S)CCCC1. The van der Waals surface area contributed by atoms with E-state index in [0.717, 1.165) is 127 Å². The molecule has 0 amide bonds. The van der Waals surface area contributed by atoms with Gasteiger partial charge in [0.05, 0.1) is 37.5 Å². The third-order valence-corrected chi connectivity index (χ3v) is 22.2. The predicted molar refractivity (Wildman–Crippen MR) is 281 cm³/mol. The smallest absolute Gasteiger partial charge is 0.287 e. The van der Waals surface area contributed by atoms with E-state index in [2.05, 4.69) is 27.6 Å². The standard InChI is InChI=1S/C12H18O2S2.C11H14N2O3S2.C10H6N4O4S2.C6H12OS.C6H10O/c13-9-11(5-1-2-6-11)15-16-12(10-14)7-3-4-8-12;14-8-11(5-1-2-6-11)18-17-10-4-3-9(7-12-10)13(15)16;15-13(16)7-1-3-9(11-5-7)19-20-10-4-2-8(6-12-10)14(17)18;7-5-6(8)3-1-2-4-6;7-5-6-3-1-2-4-6/h9-10H,1-8H2;3-4,7,14H,1-2,5-6,8H2;1-6H;7-8H,1-5H2;5-6H,1-4H2. The molecule has 5 saturated carbocycles. The Bertz CT molecular complexity index is 1980. The molecule has 3 aromatic heterocycles. The van der Waals surface area contributed by atoms with Gasteiger partial charge in [0.1, 0.15) is 52.5 Å². The topological polar surface area (TPSA) is 260 Å². The fraction of sp³-hybridized carbons (Fsp3) is 0.600. The van der Waals surface area contributed by atoms with Crippen molar-refractivity contribution in [3.05, 3.63) is 85.3 Å². The van der Waals surface area contributed by atoms with Crippen LogP contribution in [0.1, 0.15) is 128 Å². The number of carbonyl (C=O) groups is 3. The molecule has 0 atom stereocenters. The first kappa shape index (κ1) is 58.6. The molecular formula is C45H60N6O11S7. The number of nitrogens with zero attached hydrogens (tertiary/aromatic N) is 6. The van der Waals surface area contributed by atoms with E-state index < -0.39 is 14.8 Å². The van der Waals surface area contributed by atoms with Gasteiger partial charge in [-0.3, -0.25) is 30.3 Å². The molecule has 0 radical (unpaired) electrons. The first-order valence-corrected chi connectivity index (χ1v) is 29.8. The molecule has 0 unspecified atom stereocenters. The van der Waals surface area contributed by atoms with Crippen LogP contribution in [0.3, 0.4) is 0 Å². The van der Waals surface area contributed by atoms with E-state index in [-0.39, 0.29) is 49.3 Å². The van der Waals surface area contributed by atoms with Crippen molar-refractivity contribution in [1.82, 2.24) is 15.0 Å². The molecule has 5 fully saturated rings. The molecule has 24 heteroatoms. The van der Waals surface area contributed by atoms with Crippen LogP contribution in [-0.2, 0) is 14.4 Å². The Morgan fingerprint density at radius 1 is 0.536 bits per heavy atom. The second kappa shape index (κ2) is 30.2. The van der Waals surface area contributed by atoms with E-state index in [1.807, 2.05) is 0 Å². The molecule has 5 aliphatic carbocycles. The van der Waals surface area contributed by atoms with Gasteiger partial charge in [-0.05, 0) is 115 Å². The van der Waals surface area contributed by atoms with Gasteiger partial charge in [-0.1, -0.05) is 96.6 Å². The van der Waals surface area contributed by atoms with E-state index in [1.54, 1.807) is 38.4 Å². The van der Waals surface area contributed by atoms with Crippen LogP contribution >= 0.6 is 77.4 Å². The van der Waals surface area contributed by atoms with E-state index in [9.17, 15) is 49.8 Å². The summed E-state index contributed by atoms with van der Waals surface area (Å²) in [4.78, 5) is 74.2. The highest BCUT2D eigenvalue weighted by atomic mass is 33.1. The second-order valence-corrected chi connectivity index (χ2v) is 26.1. The average molecular weight is 1090 g/mol. The van der Waals surface area contributed by atoms with E-state index in [4.69, 9.17) is 5.11 Å². The van der Waals surface area contributed by atoms with Gasteiger partial charge in [-0.25, -0.2) is 15.0 Å². The maximum absolute atomic E-state index is 11.2. The number of hydrogen-bond donors (Lipinski definition) is 3.